The van der Waals surface area contributed by atoms with E-state index in [-0.39, 0.29) is 11.8 Å². The molecule has 7 nitrogen and oxygen atoms in total. The fourth-order valence-corrected chi connectivity index (χ4v) is 6.39. The number of amides is 1. The molecule has 1 aromatic heterocycles. The van der Waals surface area contributed by atoms with Crippen molar-refractivity contribution >= 4 is 34.6 Å². The Bertz CT molecular complexity index is 1590. The fraction of sp³-hybridized carbons (Fsp3) is 0.333. The van der Waals surface area contributed by atoms with Crippen LogP contribution in [0.15, 0.2) is 60.7 Å². The number of fused-ring (bicyclic) bond motifs is 3. The first-order valence-corrected chi connectivity index (χ1v) is 14.2. The molecule has 3 aromatic carbocycles. The van der Waals surface area contributed by atoms with E-state index in [4.69, 9.17) is 9.47 Å². The molecule has 7 heteroatoms. The van der Waals surface area contributed by atoms with E-state index in [1.807, 2.05) is 18.2 Å². The van der Waals surface area contributed by atoms with Crippen molar-refractivity contribution in [2.45, 2.75) is 37.1 Å². The highest BCUT2D eigenvalue weighted by molar-refractivity contribution is 6.10. The molecule has 204 valence electrons. The van der Waals surface area contributed by atoms with Crippen molar-refractivity contribution in [2.75, 3.05) is 32.2 Å². The molecule has 0 radical (unpaired) electrons. The number of carbonyl (C=O) groups excluding carboxylic acids is 1. The molecule has 1 amide bonds. The summed E-state index contributed by atoms with van der Waals surface area (Å²) >= 11 is 0. The summed E-state index contributed by atoms with van der Waals surface area (Å²) in [5, 5.41) is 15.5. The van der Waals surface area contributed by atoms with E-state index < -0.39 is 5.41 Å². The highest BCUT2D eigenvalue weighted by Crippen LogP contribution is 2.65. The van der Waals surface area contributed by atoms with E-state index >= 15 is 0 Å². The van der Waals surface area contributed by atoms with Gasteiger partial charge in [-0.15, -0.1) is 0 Å². The summed E-state index contributed by atoms with van der Waals surface area (Å²) in [5.74, 6) is 1.72. The van der Waals surface area contributed by atoms with Gasteiger partial charge in [-0.1, -0.05) is 42.5 Å². The third kappa shape index (κ3) is 4.49. The summed E-state index contributed by atoms with van der Waals surface area (Å²) in [6.07, 6.45) is 7.27. The van der Waals surface area contributed by atoms with E-state index in [0.29, 0.717) is 0 Å². The zero-order chi connectivity index (χ0) is 27.1. The van der Waals surface area contributed by atoms with Gasteiger partial charge in [0.15, 0.2) is 0 Å². The Morgan fingerprint density at radius 1 is 1.07 bits per heavy atom. The zero-order valence-electron chi connectivity index (χ0n) is 22.7. The van der Waals surface area contributed by atoms with E-state index in [1.165, 1.54) is 5.56 Å². The molecule has 1 aliphatic carbocycles. The van der Waals surface area contributed by atoms with Crippen LogP contribution in [0.3, 0.4) is 0 Å². The minimum Gasteiger partial charge on any atom is -0.497 e. The second kappa shape index (κ2) is 10.2. The summed E-state index contributed by atoms with van der Waals surface area (Å²) in [7, 11) is 1.66. The van der Waals surface area contributed by atoms with Gasteiger partial charge in [0.1, 0.15) is 5.75 Å². The lowest BCUT2D eigenvalue weighted by Gasteiger charge is -2.22. The summed E-state index contributed by atoms with van der Waals surface area (Å²) in [5.41, 5.74) is 6.89. The molecule has 2 aliphatic heterocycles. The number of carbonyl (C=O) groups is 1. The van der Waals surface area contributed by atoms with Crippen LogP contribution in [0.2, 0.25) is 0 Å². The van der Waals surface area contributed by atoms with Crippen molar-refractivity contribution in [1.29, 1.82) is 0 Å². The Hall–Kier alpha value is -3.94. The summed E-state index contributed by atoms with van der Waals surface area (Å²) in [6, 6.07) is 20.9. The quantitative estimate of drug-likeness (QED) is 0.273. The van der Waals surface area contributed by atoms with Gasteiger partial charge in [0.2, 0.25) is 5.91 Å². The van der Waals surface area contributed by atoms with Crippen molar-refractivity contribution in [2.24, 2.45) is 5.92 Å². The van der Waals surface area contributed by atoms with Crippen molar-refractivity contribution in [3.63, 3.8) is 0 Å². The molecule has 2 fully saturated rings. The van der Waals surface area contributed by atoms with Crippen LogP contribution >= 0.6 is 0 Å². The van der Waals surface area contributed by atoms with Crippen LogP contribution < -0.4 is 15.4 Å². The van der Waals surface area contributed by atoms with Gasteiger partial charge in [-0.2, -0.15) is 5.10 Å². The molecule has 3 N–H and O–H groups in total. The molecule has 1 saturated heterocycles. The highest BCUT2D eigenvalue weighted by atomic mass is 16.5. The normalized spacial score (nSPS) is 22.2. The number of nitrogens with one attached hydrogen (secondary N) is 3. The van der Waals surface area contributed by atoms with Gasteiger partial charge in [-0.3, -0.25) is 9.89 Å². The molecule has 3 aliphatic rings. The molecule has 0 bridgehead atoms. The summed E-state index contributed by atoms with van der Waals surface area (Å²) in [4.78, 5) is 13.0. The Morgan fingerprint density at radius 2 is 1.93 bits per heavy atom. The van der Waals surface area contributed by atoms with Crippen LogP contribution in [0.1, 0.15) is 53.1 Å². The predicted molar refractivity (Wildman–Crippen MR) is 157 cm³/mol. The van der Waals surface area contributed by atoms with E-state index in [2.05, 4.69) is 75.4 Å². The van der Waals surface area contributed by atoms with Crippen molar-refractivity contribution in [3.8, 4) is 5.75 Å². The van der Waals surface area contributed by atoms with E-state index in [1.54, 1.807) is 7.11 Å². The maximum absolute atomic E-state index is 13.0. The van der Waals surface area contributed by atoms with Crippen LogP contribution in [0.4, 0.5) is 5.69 Å². The van der Waals surface area contributed by atoms with Gasteiger partial charge in [-0.05, 0) is 84.3 Å². The number of anilines is 1. The average molecular weight is 535 g/mol. The van der Waals surface area contributed by atoms with Crippen LogP contribution in [0.5, 0.6) is 5.75 Å². The number of hydrogen-bond donors (Lipinski definition) is 3. The van der Waals surface area contributed by atoms with Crippen LogP contribution in [0, 0.1) is 5.92 Å². The predicted octanol–water partition coefficient (Wildman–Crippen LogP) is 5.64. The molecule has 7 rings (SSSR count). The van der Waals surface area contributed by atoms with Gasteiger partial charge in [0.25, 0.3) is 0 Å². The number of aromatic nitrogens is 2. The fourth-order valence-electron chi connectivity index (χ4n) is 6.39. The molecular weight excluding hydrogens is 500 g/mol. The average Bonchev–Trinajstić information content (AvgIpc) is 3.53. The number of aromatic amines is 1. The molecule has 1 saturated carbocycles. The van der Waals surface area contributed by atoms with Gasteiger partial charge in [-0.25, -0.2) is 0 Å². The van der Waals surface area contributed by atoms with E-state index in [9.17, 15) is 4.79 Å². The Kier molecular flexibility index (Phi) is 6.41. The number of ether oxygens (including phenoxy) is 2. The van der Waals surface area contributed by atoms with Crippen LogP contribution in [0.25, 0.3) is 23.1 Å². The third-order valence-corrected chi connectivity index (χ3v) is 8.86. The van der Waals surface area contributed by atoms with Crippen molar-refractivity contribution in [3.05, 3.63) is 88.6 Å². The Balaban J connectivity index is 1.02. The van der Waals surface area contributed by atoms with Gasteiger partial charge < -0.3 is 20.1 Å². The molecule has 2 unspecified atom stereocenters. The topological polar surface area (TPSA) is 88.3 Å². The van der Waals surface area contributed by atoms with Crippen LogP contribution in [-0.4, -0.2) is 43.0 Å². The lowest BCUT2D eigenvalue weighted by atomic mass is 9.91. The molecule has 2 atom stereocenters. The molecule has 4 aromatic rings. The number of methoxy groups -OCH3 is 1. The first kappa shape index (κ1) is 25.1. The summed E-state index contributed by atoms with van der Waals surface area (Å²) in [6.45, 7) is 3.72. The minimum absolute atomic E-state index is 0.0789. The summed E-state index contributed by atoms with van der Waals surface area (Å²) < 4.78 is 10.9. The first-order valence-electron chi connectivity index (χ1n) is 14.2. The minimum atomic E-state index is -0.507. The van der Waals surface area contributed by atoms with Crippen LogP contribution in [-0.2, 0) is 21.5 Å². The number of rotatable bonds is 8. The van der Waals surface area contributed by atoms with E-state index in [0.717, 1.165) is 96.2 Å². The van der Waals surface area contributed by atoms with Gasteiger partial charge in [0, 0.05) is 36.8 Å². The van der Waals surface area contributed by atoms with Crippen molar-refractivity contribution < 1.29 is 14.3 Å². The zero-order valence-corrected chi connectivity index (χ0v) is 22.7. The number of nitrogens with zero attached hydrogens (tertiary/aromatic N) is 1. The molecule has 1 spiro atoms. The number of H-pyrrole nitrogens is 1. The maximum atomic E-state index is 13.0. The monoisotopic (exact) mass is 534 g/mol. The molecular formula is C33H34N4O3. The smallest absolute Gasteiger partial charge is 0.235 e. The molecule has 40 heavy (non-hydrogen) atoms. The Labute approximate surface area is 234 Å². The third-order valence-electron chi connectivity index (χ3n) is 8.86. The SMILES string of the molecule is COc1ccc2c(c1)C1(CC1c1ccc3c(/C=C/c4ccc(CNCC5CCOCC5)cc4)n[nH]c3c1)C(=O)N2. The molecule has 3 heterocycles. The lowest BCUT2D eigenvalue weighted by Crippen LogP contribution is -2.27. The first-order chi connectivity index (χ1) is 19.6. The number of hydrogen-bond acceptors (Lipinski definition) is 5. The van der Waals surface area contributed by atoms with Gasteiger partial charge >= 0.3 is 0 Å². The Morgan fingerprint density at radius 3 is 2.75 bits per heavy atom. The number of benzene rings is 3. The maximum Gasteiger partial charge on any atom is 0.235 e. The second-order valence-corrected chi connectivity index (χ2v) is 11.3. The van der Waals surface area contributed by atoms with Gasteiger partial charge in [0.05, 0.1) is 23.7 Å². The van der Waals surface area contributed by atoms with Crippen molar-refractivity contribution in [1.82, 2.24) is 15.5 Å². The lowest BCUT2D eigenvalue weighted by molar-refractivity contribution is -0.118. The highest BCUT2D eigenvalue weighted by Gasteiger charge is 2.65. The largest absolute Gasteiger partial charge is 0.497 e. The standard InChI is InChI=1S/C33H34N4O3/c1-39-25-8-11-30-27(17-25)33(32(38)35-30)18-28(33)24-7-9-26-29(36-37-31(26)16-24)10-6-21-2-4-22(5-3-21)19-34-20-23-12-14-40-15-13-23/h2-11,16-17,23,28,34H,12-15,18-20H2,1H3,(H,35,38)(H,36,37)/b10-6+. The second-order valence-electron chi connectivity index (χ2n) is 11.3.